The lowest BCUT2D eigenvalue weighted by atomic mass is 9.80. The molecule has 0 bridgehead atoms. The van der Waals surface area contributed by atoms with Crippen molar-refractivity contribution in [2.24, 2.45) is 11.8 Å². The Kier molecular flexibility index (Phi) is 5.73. The fraction of sp³-hybridized carbons (Fsp3) is 0.588. The Balaban J connectivity index is 1.80. The lowest BCUT2D eigenvalue weighted by molar-refractivity contribution is 0.179. The molecule has 108 valence electrons. The van der Waals surface area contributed by atoms with Gasteiger partial charge in [-0.2, -0.15) is 5.26 Å². The number of benzene rings is 1. The maximum absolute atomic E-state index is 8.81. The minimum Gasteiger partial charge on any atom is -0.492 e. The molecule has 0 unspecified atom stereocenters. The monoisotopic (exact) mass is 291 g/mol. The third kappa shape index (κ3) is 4.15. The third-order valence-electron chi connectivity index (χ3n) is 4.20. The Hall–Kier alpha value is -1.20. The topological polar surface area (TPSA) is 33.0 Å². The fourth-order valence-corrected chi connectivity index (χ4v) is 3.23. The van der Waals surface area contributed by atoms with Crippen LogP contribution >= 0.6 is 11.6 Å². The van der Waals surface area contributed by atoms with Crippen molar-refractivity contribution < 1.29 is 4.74 Å². The van der Waals surface area contributed by atoms with Crippen LogP contribution in [0.25, 0.3) is 0 Å². The third-order valence-corrected chi connectivity index (χ3v) is 4.49. The smallest absolute Gasteiger partial charge is 0.137 e. The second-order valence-electron chi connectivity index (χ2n) is 5.74. The predicted octanol–water partition coefficient (Wildman–Crippen LogP) is 5.20. The highest BCUT2D eigenvalue weighted by atomic mass is 35.5. The molecule has 0 spiro atoms. The van der Waals surface area contributed by atoms with E-state index in [9.17, 15) is 0 Å². The van der Waals surface area contributed by atoms with Crippen LogP contribution < -0.4 is 4.74 Å². The van der Waals surface area contributed by atoms with E-state index in [4.69, 9.17) is 21.6 Å². The molecular weight excluding hydrogens is 270 g/mol. The highest BCUT2D eigenvalue weighted by Gasteiger charge is 2.21. The molecule has 1 saturated carbocycles. The minimum absolute atomic E-state index is 0.531. The van der Waals surface area contributed by atoms with E-state index in [0.717, 1.165) is 12.5 Å². The Morgan fingerprint density at radius 2 is 1.95 bits per heavy atom. The molecule has 1 aliphatic carbocycles. The number of nitrogens with zero attached hydrogens (tertiary/aromatic N) is 1. The van der Waals surface area contributed by atoms with Gasteiger partial charge in [0.2, 0.25) is 0 Å². The summed E-state index contributed by atoms with van der Waals surface area (Å²) in [5, 5.41) is 9.34. The molecule has 3 heteroatoms. The van der Waals surface area contributed by atoms with Gasteiger partial charge in [-0.15, -0.1) is 0 Å². The van der Waals surface area contributed by atoms with E-state index in [2.05, 4.69) is 13.0 Å². The number of halogens is 1. The van der Waals surface area contributed by atoms with Crippen LogP contribution in [0.1, 0.15) is 51.0 Å². The summed E-state index contributed by atoms with van der Waals surface area (Å²) in [4.78, 5) is 0. The van der Waals surface area contributed by atoms with E-state index in [0.29, 0.717) is 22.3 Å². The zero-order valence-corrected chi connectivity index (χ0v) is 12.8. The van der Waals surface area contributed by atoms with Gasteiger partial charge in [0.1, 0.15) is 5.75 Å². The van der Waals surface area contributed by atoms with Gasteiger partial charge in [0.25, 0.3) is 0 Å². The predicted molar refractivity (Wildman–Crippen MR) is 82.0 cm³/mol. The van der Waals surface area contributed by atoms with Crippen LogP contribution in [-0.4, -0.2) is 6.61 Å². The summed E-state index contributed by atoms with van der Waals surface area (Å²) in [5.41, 5.74) is 0.572. The molecule has 0 heterocycles. The van der Waals surface area contributed by atoms with Crippen molar-refractivity contribution >= 4 is 11.6 Å². The second kappa shape index (κ2) is 7.55. The van der Waals surface area contributed by atoms with Gasteiger partial charge in [0.05, 0.1) is 23.3 Å². The average Bonchev–Trinajstić information content (AvgIpc) is 2.48. The molecule has 0 saturated heterocycles. The van der Waals surface area contributed by atoms with Gasteiger partial charge < -0.3 is 4.74 Å². The lowest BCUT2D eigenvalue weighted by Crippen LogP contribution is -2.20. The summed E-state index contributed by atoms with van der Waals surface area (Å²) >= 11 is 6.11. The van der Waals surface area contributed by atoms with Gasteiger partial charge in [0, 0.05) is 0 Å². The Bertz CT molecular complexity index is 472. The molecule has 0 aliphatic heterocycles. The number of hydrogen-bond donors (Lipinski definition) is 0. The molecule has 1 aromatic carbocycles. The number of hydrogen-bond acceptors (Lipinski definition) is 2. The quantitative estimate of drug-likeness (QED) is 0.747. The minimum atomic E-state index is 0.531. The van der Waals surface area contributed by atoms with Gasteiger partial charge >= 0.3 is 0 Å². The van der Waals surface area contributed by atoms with Crippen molar-refractivity contribution in [2.75, 3.05) is 6.61 Å². The van der Waals surface area contributed by atoms with E-state index in [1.54, 1.807) is 18.2 Å². The van der Waals surface area contributed by atoms with Crippen LogP contribution in [-0.2, 0) is 0 Å². The maximum Gasteiger partial charge on any atom is 0.137 e. The summed E-state index contributed by atoms with van der Waals surface area (Å²) in [7, 11) is 0. The Labute approximate surface area is 126 Å². The van der Waals surface area contributed by atoms with Gasteiger partial charge in [-0.05, 0) is 42.9 Å². The summed E-state index contributed by atoms with van der Waals surface area (Å²) in [6.07, 6.45) is 7.87. The second-order valence-corrected chi connectivity index (χ2v) is 6.15. The van der Waals surface area contributed by atoms with Crippen molar-refractivity contribution in [3.05, 3.63) is 28.8 Å². The number of nitriles is 1. The van der Waals surface area contributed by atoms with Crippen LogP contribution in [0.5, 0.6) is 5.75 Å². The molecule has 1 fully saturated rings. The first-order valence-electron chi connectivity index (χ1n) is 7.55. The Morgan fingerprint density at radius 3 is 2.55 bits per heavy atom. The van der Waals surface area contributed by atoms with Crippen molar-refractivity contribution in [2.45, 2.75) is 45.4 Å². The first kappa shape index (κ1) is 15.2. The van der Waals surface area contributed by atoms with Gasteiger partial charge in [0.15, 0.2) is 0 Å². The molecule has 1 aliphatic rings. The van der Waals surface area contributed by atoms with Crippen LogP contribution in [0.4, 0.5) is 0 Å². The largest absolute Gasteiger partial charge is 0.492 e. The van der Waals surface area contributed by atoms with Crippen molar-refractivity contribution in [1.82, 2.24) is 0 Å². The first-order chi connectivity index (χ1) is 9.72. The number of rotatable bonds is 5. The van der Waals surface area contributed by atoms with Crippen LogP contribution in [0, 0.1) is 23.2 Å². The van der Waals surface area contributed by atoms with E-state index in [1.165, 1.54) is 38.5 Å². The lowest BCUT2D eigenvalue weighted by Gasteiger charge is -2.28. The van der Waals surface area contributed by atoms with Crippen molar-refractivity contribution in [3.8, 4) is 11.8 Å². The molecule has 0 amide bonds. The summed E-state index contributed by atoms with van der Waals surface area (Å²) in [6.45, 7) is 3.01. The number of ether oxygens (including phenoxy) is 1. The van der Waals surface area contributed by atoms with Crippen LogP contribution in [0.3, 0.4) is 0 Å². The standard InChI is InChI=1S/C17H22ClNO/c1-2-3-13-4-6-14(7-5-13)12-20-17-9-8-15(11-19)10-16(17)18/h8-10,13-14H,2-7,12H2,1H3/t13-,14-. The van der Waals surface area contributed by atoms with E-state index in [-0.39, 0.29) is 0 Å². The summed E-state index contributed by atoms with van der Waals surface area (Å²) < 4.78 is 5.83. The van der Waals surface area contributed by atoms with E-state index < -0.39 is 0 Å². The maximum atomic E-state index is 8.81. The van der Waals surface area contributed by atoms with E-state index in [1.807, 2.05) is 0 Å². The molecule has 0 aromatic heterocycles. The van der Waals surface area contributed by atoms with Gasteiger partial charge in [-0.25, -0.2) is 0 Å². The molecular formula is C17H22ClNO. The first-order valence-corrected chi connectivity index (χ1v) is 7.93. The molecule has 0 N–H and O–H groups in total. The molecule has 1 aromatic rings. The van der Waals surface area contributed by atoms with Crippen molar-refractivity contribution in [3.63, 3.8) is 0 Å². The average molecular weight is 292 g/mol. The molecule has 0 radical (unpaired) electrons. The van der Waals surface area contributed by atoms with Gasteiger partial charge in [-0.1, -0.05) is 44.2 Å². The van der Waals surface area contributed by atoms with Crippen molar-refractivity contribution in [1.29, 1.82) is 5.26 Å². The molecule has 2 nitrogen and oxygen atoms in total. The zero-order valence-electron chi connectivity index (χ0n) is 12.1. The highest BCUT2D eigenvalue weighted by molar-refractivity contribution is 6.32. The highest BCUT2D eigenvalue weighted by Crippen LogP contribution is 2.33. The fourth-order valence-electron chi connectivity index (χ4n) is 2.99. The molecule has 20 heavy (non-hydrogen) atoms. The SMILES string of the molecule is CCC[C@H]1CC[C@H](COc2ccc(C#N)cc2Cl)CC1. The summed E-state index contributed by atoms with van der Waals surface area (Å²) in [5.74, 6) is 2.27. The van der Waals surface area contributed by atoms with Crippen LogP contribution in [0.2, 0.25) is 5.02 Å². The van der Waals surface area contributed by atoms with Crippen LogP contribution in [0.15, 0.2) is 18.2 Å². The summed E-state index contributed by atoms with van der Waals surface area (Å²) in [6, 6.07) is 7.28. The van der Waals surface area contributed by atoms with E-state index >= 15 is 0 Å². The van der Waals surface area contributed by atoms with Gasteiger partial charge in [-0.3, -0.25) is 0 Å². The molecule has 2 rings (SSSR count). The zero-order chi connectivity index (χ0) is 14.4. The Morgan fingerprint density at radius 1 is 1.25 bits per heavy atom. The normalized spacial score (nSPS) is 22.2. The molecule has 0 atom stereocenters.